The Morgan fingerprint density at radius 2 is 1.86 bits per heavy atom. The fraction of sp³-hybridized carbons (Fsp3) is 0.629. The van der Waals surface area contributed by atoms with Gasteiger partial charge in [-0.3, -0.25) is 9.59 Å². The van der Waals surface area contributed by atoms with Gasteiger partial charge < -0.3 is 18.8 Å². The van der Waals surface area contributed by atoms with Gasteiger partial charge in [0.05, 0.1) is 29.7 Å². The highest BCUT2D eigenvalue weighted by Gasteiger charge is 2.69. The van der Waals surface area contributed by atoms with Crippen LogP contribution in [0, 0.1) is 35.0 Å². The zero-order valence-corrected chi connectivity index (χ0v) is 26.6. The van der Waals surface area contributed by atoms with Gasteiger partial charge in [-0.05, 0) is 79.9 Å². The van der Waals surface area contributed by atoms with Crippen molar-refractivity contribution in [3.63, 3.8) is 0 Å². The van der Waals surface area contributed by atoms with E-state index in [1.807, 2.05) is 33.7 Å². The number of rotatable bonds is 8. The SMILES string of the molecule is CC(C)C[C@@H](B1O[C@@H]2C[C@@H]3C[C@@H](C3(C)C)[C@]2(C)O1)N1CC(C)C[C@H](CC(=O)Cn2c3ccccc3c3cccnc32)C1=O. The van der Waals surface area contributed by atoms with Gasteiger partial charge in [-0.15, -0.1) is 0 Å². The molecular formula is C35H46BN3O4. The summed E-state index contributed by atoms with van der Waals surface area (Å²) in [6, 6.07) is 12.1. The topological polar surface area (TPSA) is 73.7 Å². The molecule has 5 fully saturated rings. The smallest absolute Gasteiger partial charge is 0.404 e. The molecule has 0 spiro atoms. The van der Waals surface area contributed by atoms with Crippen molar-refractivity contribution in [2.24, 2.45) is 35.0 Å². The molecule has 0 radical (unpaired) electrons. The fourth-order valence-electron chi connectivity index (χ4n) is 9.27. The number of amides is 1. The number of ketones is 1. The van der Waals surface area contributed by atoms with Crippen molar-refractivity contribution >= 4 is 40.7 Å². The van der Waals surface area contributed by atoms with Crippen LogP contribution in [0.25, 0.3) is 21.9 Å². The zero-order chi connectivity index (χ0) is 30.3. The summed E-state index contributed by atoms with van der Waals surface area (Å²) < 4.78 is 15.7. The Morgan fingerprint density at radius 1 is 1.09 bits per heavy atom. The molecule has 3 aromatic rings. The van der Waals surface area contributed by atoms with E-state index in [0.29, 0.717) is 30.2 Å². The summed E-state index contributed by atoms with van der Waals surface area (Å²) in [5, 5.41) is 2.14. The molecule has 3 saturated carbocycles. The number of carbonyl (C=O) groups is 2. The first-order chi connectivity index (χ1) is 20.5. The molecule has 1 aromatic carbocycles. The van der Waals surface area contributed by atoms with E-state index >= 15 is 0 Å². The summed E-state index contributed by atoms with van der Waals surface area (Å²) in [7, 11) is -0.429. The Bertz CT molecular complexity index is 1510. The summed E-state index contributed by atoms with van der Waals surface area (Å²) in [5.74, 6) is 1.49. The second-order valence-electron chi connectivity index (χ2n) is 15.3. The Morgan fingerprint density at radius 3 is 2.63 bits per heavy atom. The number of carbonyl (C=O) groups excluding carboxylic acids is 2. The highest BCUT2D eigenvalue weighted by atomic mass is 16.7. The van der Waals surface area contributed by atoms with Crippen molar-refractivity contribution in [3.8, 4) is 0 Å². The highest BCUT2D eigenvalue weighted by molar-refractivity contribution is 6.47. The molecule has 43 heavy (non-hydrogen) atoms. The van der Waals surface area contributed by atoms with Crippen LogP contribution in [-0.2, 0) is 25.4 Å². The molecule has 8 rings (SSSR count). The van der Waals surface area contributed by atoms with Crippen LogP contribution in [-0.4, -0.2) is 57.5 Å². The van der Waals surface area contributed by atoms with E-state index in [1.54, 1.807) is 6.20 Å². The second kappa shape index (κ2) is 10.4. The largest absolute Gasteiger partial charge is 0.481 e. The van der Waals surface area contributed by atoms with E-state index < -0.39 is 7.12 Å². The number of nitrogens with zero attached hydrogens (tertiary/aromatic N) is 3. The molecule has 1 amide bonds. The number of pyridine rings is 1. The lowest BCUT2D eigenvalue weighted by Gasteiger charge is -2.64. The van der Waals surface area contributed by atoms with Gasteiger partial charge in [0, 0.05) is 35.9 Å². The molecule has 2 aromatic heterocycles. The standard InChI is InChI=1S/C35H46BN3O4/c1-21(2)14-31(36-42-30-18-24-17-29(34(24,4)5)35(30,6)43-36)39-19-22(3)15-23(33(39)41)16-25(40)20-38-28-12-8-7-10-26(28)27-11-9-13-37-32(27)38/h7-13,21-24,29-31H,14-20H2,1-6H3/t22?,23-,24+,29+,30-,31+,35+/m1/s1. The molecule has 4 heterocycles. The van der Waals surface area contributed by atoms with E-state index in [1.165, 1.54) is 6.42 Å². The molecule has 2 aliphatic heterocycles. The molecule has 0 N–H and O–H groups in total. The van der Waals surface area contributed by atoms with Gasteiger partial charge in [-0.25, -0.2) is 4.98 Å². The van der Waals surface area contributed by atoms with E-state index in [9.17, 15) is 9.59 Å². The second-order valence-corrected chi connectivity index (χ2v) is 15.3. The van der Waals surface area contributed by atoms with Crippen molar-refractivity contribution in [3.05, 3.63) is 42.6 Å². The average Bonchev–Trinajstić information content (AvgIpc) is 3.48. The lowest BCUT2D eigenvalue weighted by Crippen LogP contribution is -2.65. The van der Waals surface area contributed by atoms with Crippen molar-refractivity contribution < 1.29 is 18.9 Å². The van der Waals surface area contributed by atoms with Crippen molar-refractivity contribution in [1.29, 1.82) is 0 Å². The number of para-hydroxylation sites is 1. The fourth-order valence-corrected chi connectivity index (χ4v) is 9.27. The minimum absolute atomic E-state index is 0.0648. The minimum atomic E-state index is -0.429. The molecule has 2 bridgehead atoms. The first-order valence-electron chi connectivity index (χ1n) is 16.4. The quantitative estimate of drug-likeness (QED) is 0.291. The van der Waals surface area contributed by atoms with E-state index in [-0.39, 0.29) is 53.6 Å². The van der Waals surface area contributed by atoms with Gasteiger partial charge in [0.2, 0.25) is 5.91 Å². The van der Waals surface area contributed by atoms with Crippen LogP contribution in [0.3, 0.4) is 0 Å². The molecule has 228 valence electrons. The zero-order valence-electron chi connectivity index (χ0n) is 26.6. The Balaban J connectivity index is 1.11. The summed E-state index contributed by atoms with van der Waals surface area (Å²) in [6.07, 6.45) is 5.87. The number of hydrogen-bond donors (Lipinski definition) is 0. The van der Waals surface area contributed by atoms with Crippen molar-refractivity contribution in [1.82, 2.24) is 14.5 Å². The summed E-state index contributed by atoms with van der Waals surface area (Å²) >= 11 is 0. The van der Waals surface area contributed by atoms with Gasteiger partial charge in [-0.1, -0.05) is 52.8 Å². The monoisotopic (exact) mass is 583 g/mol. The van der Waals surface area contributed by atoms with Gasteiger partial charge in [0.15, 0.2) is 5.78 Å². The van der Waals surface area contributed by atoms with Crippen molar-refractivity contribution in [2.75, 3.05) is 6.54 Å². The van der Waals surface area contributed by atoms with Gasteiger partial charge >= 0.3 is 7.12 Å². The maximum atomic E-state index is 14.2. The molecular weight excluding hydrogens is 537 g/mol. The number of benzene rings is 1. The number of hydrogen-bond acceptors (Lipinski definition) is 5. The number of Topliss-reactive ketones (excluding diaryl/α,β-unsaturated/α-hetero) is 1. The predicted molar refractivity (Wildman–Crippen MR) is 169 cm³/mol. The van der Waals surface area contributed by atoms with Crippen LogP contribution >= 0.6 is 0 Å². The molecule has 8 heteroatoms. The highest BCUT2D eigenvalue weighted by Crippen LogP contribution is 2.66. The van der Waals surface area contributed by atoms with E-state index in [2.05, 4.69) is 58.7 Å². The lowest BCUT2D eigenvalue weighted by atomic mass is 9.43. The van der Waals surface area contributed by atoms with Crippen LogP contribution in [0.1, 0.15) is 73.6 Å². The molecule has 3 aliphatic carbocycles. The summed E-state index contributed by atoms with van der Waals surface area (Å²) in [5.41, 5.74) is 1.77. The third-order valence-corrected chi connectivity index (χ3v) is 11.6. The Hall–Kier alpha value is -2.71. The number of piperidine rings is 1. The van der Waals surface area contributed by atoms with Crippen LogP contribution in [0.15, 0.2) is 42.6 Å². The first-order valence-corrected chi connectivity index (χ1v) is 16.4. The van der Waals surface area contributed by atoms with E-state index in [4.69, 9.17) is 9.31 Å². The Labute approximate surface area is 255 Å². The summed E-state index contributed by atoms with van der Waals surface area (Å²) in [4.78, 5) is 34.6. The van der Waals surface area contributed by atoms with Crippen LogP contribution in [0.2, 0.25) is 0 Å². The third-order valence-electron chi connectivity index (χ3n) is 11.6. The molecule has 2 saturated heterocycles. The predicted octanol–water partition coefficient (Wildman–Crippen LogP) is 6.32. The molecule has 7 atom stereocenters. The van der Waals surface area contributed by atoms with Crippen LogP contribution in [0.5, 0.6) is 0 Å². The van der Waals surface area contributed by atoms with E-state index in [0.717, 1.165) is 41.2 Å². The maximum Gasteiger partial charge on any atom is 0.481 e. The first kappa shape index (κ1) is 29.0. The number of likely N-dealkylation sites (tertiary alicyclic amines) is 1. The Kier molecular flexibility index (Phi) is 7.05. The summed E-state index contributed by atoms with van der Waals surface area (Å²) in [6.45, 7) is 14.5. The maximum absolute atomic E-state index is 14.2. The molecule has 1 unspecified atom stereocenters. The lowest BCUT2D eigenvalue weighted by molar-refractivity contribution is -0.199. The number of aromatic nitrogens is 2. The average molecular weight is 584 g/mol. The van der Waals surface area contributed by atoms with Gasteiger partial charge in [0.1, 0.15) is 5.65 Å². The molecule has 5 aliphatic rings. The normalized spacial score (nSPS) is 32.3. The minimum Gasteiger partial charge on any atom is -0.404 e. The van der Waals surface area contributed by atoms with Crippen LogP contribution in [0.4, 0.5) is 0 Å². The van der Waals surface area contributed by atoms with Gasteiger partial charge in [-0.2, -0.15) is 0 Å². The number of fused-ring (bicyclic) bond motifs is 3. The van der Waals surface area contributed by atoms with Crippen molar-refractivity contribution in [2.45, 2.75) is 97.8 Å². The molecule has 7 nitrogen and oxygen atoms in total. The third kappa shape index (κ3) is 4.66. The van der Waals surface area contributed by atoms with Crippen LogP contribution < -0.4 is 0 Å². The van der Waals surface area contributed by atoms with Gasteiger partial charge in [0.25, 0.3) is 0 Å².